The fourth-order valence-corrected chi connectivity index (χ4v) is 0.690. The molecule has 0 aromatic carbocycles. The largest absolute Gasteiger partial charge is 0.466 e. The van der Waals surface area contributed by atoms with E-state index in [0.717, 1.165) is 6.42 Å². The normalized spacial score (nSPS) is 12.6. The van der Waals surface area contributed by atoms with Crippen molar-refractivity contribution in [3.63, 3.8) is 0 Å². The predicted octanol–water partition coefficient (Wildman–Crippen LogP) is 0.0394. The van der Waals surface area contributed by atoms with E-state index in [-0.39, 0.29) is 18.9 Å². The minimum absolute atomic E-state index is 0.195. The number of carbonyl (C=O) groups is 1. The molecule has 0 spiro atoms. The Balaban J connectivity index is 3.31. The topological polar surface area (TPSA) is 72.5 Å². The average molecular weight is 175 g/mol. The molecule has 0 saturated carbocycles. The van der Waals surface area contributed by atoms with E-state index < -0.39 is 6.10 Å². The summed E-state index contributed by atoms with van der Waals surface area (Å²) < 4.78 is 4.80. The fraction of sp³-hybridized carbons (Fsp3) is 0.875. The second-order valence-corrected chi connectivity index (χ2v) is 2.65. The molecule has 4 heteroatoms. The van der Waals surface area contributed by atoms with Gasteiger partial charge < -0.3 is 15.6 Å². The maximum absolute atomic E-state index is 10.8. The van der Waals surface area contributed by atoms with Crippen molar-refractivity contribution in [2.24, 2.45) is 5.73 Å². The molecule has 0 heterocycles. The van der Waals surface area contributed by atoms with Crippen molar-refractivity contribution >= 4 is 5.97 Å². The first-order valence-corrected chi connectivity index (χ1v) is 4.24. The van der Waals surface area contributed by atoms with Gasteiger partial charge in [-0.15, -0.1) is 0 Å². The first kappa shape index (κ1) is 11.4. The molecule has 0 rings (SSSR count). The van der Waals surface area contributed by atoms with E-state index >= 15 is 0 Å². The van der Waals surface area contributed by atoms with Gasteiger partial charge in [-0.25, -0.2) is 0 Å². The summed E-state index contributed by atoms with van der Waals surface area (Å²) in [6.07, 6.45) is 0.877. The van der Waals surface area contributed by atoms with Crippen LogP contribution in [0.4, 0.5) is 0 Å². The van der Waals surface area contributed by atoms with Crippen LogP contribution >= 0.6 is 0 Å². The van der Waals surface area contributed by atoms with Crippen LogP contribution in [0.5, 0.6) is 0 Å². The Hall–Kier alpha value is -0.610. The Kier molecular flexibility index (Phi) is 6.70. The fourth-order valence-electron chi connectivity index (χ4n) is 0.690. The Morgan fingerprint density at radius 3 is 2.83 bits per heavy atom. The number of aliphatic hydroxyl groups excluding tert-OH is 1. The Morgan fingerprint density at radius 2 is 2.33 bits per heavy atom. The van der Waals surface area contributed by atoms with Gasteiger partial charge >= 0.3 is 5.97 Å². The molecular weight excluding hydrogens is 158 g/mol. The lowest BCUT2D eigenvalue weighted by molar-refractivity contribution is -0.144. The lowest BCUT2D eigenvalue weighted by atomic mass is 10.2. The van der Waals surface area contributed by atoms with Crippen LogP contribution < -0.4 is 5.73 Å². The predicted molar refractivity (Wildman–Crippen MR) is 45.5 cm³/mol. The van der Waals surface area contributed by atoms with Crippen LogP contribution in [0.3, 0.4) is 0 Å². The minimum Gasteiger partial charge on any atom is -0.466 e. The second kappa shape index (κ2) is 7.06. The van der Waals surface area contributed by atoms with E-state index in [1.54, 1.807) is 0 Å². The van der Waals surface area contributed by atoms with E-state index in [1.807, 2.05) is 6.92 Å². The van der Waals surface area contributed by atoms with Crippen molar-refractivity contribution in [1.29, 1.82) is 0 Å². The number of hydrogen-bond donors (Lipinski definition) is 2. The molecule has 0 aromatic heterocycles. The summed E-state index contributed by atoms with van der Waals surface area (Å²) >= 11 is 0. The van der Waals surface area contributed by atoms with Gasteiger partial charge in [-0.05, 0) is 12.8 Å². The Morgan fingerprint density at radius 1 is 1.67 bits per heavy atom. The van der Waals surface area contributed by atoms with Crippen molar-refractivity contribution in [2.45, 2.75) is 32.3 Å². The molecule has 0 aliphatic heterocycles. The van der Waals surface area contributed by atoms with Crippen LogP contribution in [0.1, 0.15) is 26.2 Å². The third kappa shape index (κ3) is 6.12. The summed E-state index contributed by atoms with van der Waals surface area (Å²) in [7, 11) is 0. The van der Waals surface area contributed by atoms with Crippen molar-refractivity contribution < 1.29 is 14.6 Å². The molecule has 0 saturated heterocycles. The molecule has 3 N–H and O–H groups in total. The van der Waals surface area contributed by atoms with Crippen LogP contribution in [-0.2, 0) is 9.53 Å². The van der Waals surface area contributed by atoms with Gasteiger partial charge in [0.2, 0.25) is 0 Å². The number of esters is 1. The van der Waals surface area contributed by atoms with Crippen LogP contribution in [-0.4, -0.2) is 30.3 Å². The highest BCUT2D eigenvalue weighted by molar-refractivity contribution is 5.69. The molecule has 0 aliphatic carbocycles. The highest BCUT2D eigenvalue weighted by atomic mass is 16.5. The number of nitrogens with two attached hydrogens (primary N) is 1. The minimum atomic E-state index is -0.584. The first-order valence-electron chi connectivity index (χ1n) is 4.24. The van der Waals surface area contributed by atoms with Gasteiger partial charge in [0.25, 0.3) is 0 Å². The van der Waals surface area contributed by atoms with Gasteiger partial charge in [-0.1, -0.05) is 6.92 Å². The zero-order valence-electron chi connectivity index (χ0n) is 7.45. The average Bonchev–Trinajstić information content (AvgIpc) is 2.10. The van der Waals surface area contributed by atoms with Gasteiger partial charge in [0.05, 0.1) is 12.7 Å². The van der Waals surface area contributed by atoms with Crippen LogP contribution in [0.2, 0.25) is 0 Å². The van der Waals surface area contributed by atoms with E-state index in [9.17, 15) is 4.79 Å². The van der Waals surface area contributed by atoms with Gasteiger partial charge in [-0.2, -0.15) is 0 Å². The number of aliphatic hydroxyl groups is 1. The van der Waals surface area contributed by atoms with Crippen molar-refractivity contribution in [1.82, 2.24) is 0 Å². The summed E-state index contributed by atoms with van der Waals surface area (Å²) in [6.45, 7) is 2.58. The number of rotatable bonds is 6. The highest BCUT2D eigenvalue weighted by Gasteiger charge is 2.06. The monoisotopic (exact) mass is 175 g/mol. The molecule has 12 heavy (non-hydrogen) atoms. The maximum atomic E-state index is 10.8. The molecule has 0 bridgehead atoms. The second-order valence-electron chi connectivity index (χ2n) is 2.65. The quantitative estimate of drug-likeness (QED) is 0.559. The lowest BCUT2D eigenvalue weighted by Gasteiger charge is -2.06. The number of ether oxygens (including phenoxy) is 1. The summed E-state index contributed by atoms with van der Waals surface area (Å²) in [4.78, 5) is 10.8. The van der Waals surface area contributed by atoms with Crippen LogP contribution in [0.15, 0.2) is 0 Å². The SMILES string of the molecule is CCCOC(=O)CCC(O)CN. The zero-order valence-corrected chi connectivity index (χ0v) is 7.45. The molecular formula is C8H17NO3. The van der Waals surface area contributed by atoms with Crippen LogP contribution in [0.25, 0.3) is 0 Å². The molecule has 0 aromatic rings. The molecule has 1 atom stereocenters. The molecule has 72 valence electrons. The van der Waals surface area contributed by atoms with Gasteiger partial charge in [-0.3, -0.25) is 4.79 Å². The molecule has 1 unspecified atom stereocenters. The van der Waals surface area contributed by atoms with E-state index in [1.165, 1.54) is 0 Å². The van der Waals surface area contributed by atoms with E-state index in [4.69, 9.17) is 15.6 Å². The van der Waals surface area contributed by atoms with Gasteiger partial charge in [0.1, 0.15) is 0 Å². The molecule has 0 aliphatic rings. The molecule has 0 radical (unpaired) electrons. The Labute approximate surface area is 72.7 Å². The van der Waals surface area contributed by atoms with Gasteiger partial charge in [0.15, 0.2) is 0 Å². The van der Waals surface area contributed by atoms with Crippen molar-refractivity contribution in [2.75, 3.05) is 13.2 Å². The summed E-state index contributed by atoms with van der Waals surface area (Å²) in [5.41, 5.74) is 5.16. The maximum Gasteiger partial charge on any atom is 0.305 e. The number of carbonyl (C=O) groups excluding carboxylic acids is 1. The molecule has 4 nitrogen and oxygen atoms in total. The number of hydrogen-bond acceptors (Lipinski definition) is 4. The zero-order chi connectivity index (χ0) is 9.40. The first-order chi connectivity index (χ1) is 5.70. The third-order valence-electron chi connectivity index (χ3n) is 1.42. The summed E-state index contributed by atoms with van der Waals surface area (Å²) in [6, 6.07) is 0. The Bertz CT molecular complexity index is 127. The van der Waals surface area contributed by atoms with E-state index in [0.29, 0.717) is 13.0 Å². The standard InChI is InChI=1S/C8H17NO3/c1-2-5-12-8(11)4-3-7(10)6-9/h7,10H,2-6,9H2,1H3. The molecule has 0 amide bonds. The van der Waals surface area contributed by atoms with E-state index in [2.05, 4.69) is 0 Å². The van der Waals surface area contributed by atoms with Gasteiger partial charge in [0, 0.05) is 13.0 Å². The third-order valence-corrected chi connectivity index (χ3v) is 1.42. The van der Waals surface area contributed by atoms with Crippen molar-refractivity contribution in [3.8, 4) is 0 Å². The summed E-state index contributed by atoms with van der Waals surface area (Å²) in [5, 5.41) is 9.00. The summed E-state index contributed by atoms with van der Waals surface area (Å²) in [5.74, 6) is -0.260. The molecule has 0 fully saturated rings. The lowest BCUT2D eigenvalue weighted by Crippen LogP contribution is -2.21. The highest BCUT2D eigenvalue weighted by Crippen LogP contribution is 1.97. The van der Waals surface area contributed by atoms with Crippen molar-refractivity contribution in [3.05, 3.63) is 0 Å². The smallest absolute Gasteiger partial charge is 0.305 e. The van der Waals surface area contributed by atoms with Crippen LogP contribution in [0, 0.1) is 0 Å².